The number of ether oxygens (including phenoxy) is 1. The molecule has 1 N–H and O–H groups in total. The van der Waals surface area contributed by atoms with Gasteiger partial charge in [-0.2, -0.15) is 5.10 Å². The number of hydrogen-bond acceptors (Lipinski definition) is 6. The minimum absolute atomic E-state index is 0.213. The van der Waals surface area contributed by atoms with Crippen LogP contribution in [0, 0.1) is 6.92 Å². The van der Waals surface area contributed by atoms with Gasteiger partial charge in [-0.3, -0.25) is 9.67 Å². The van der Waals surface area contributed by atoms with Crippen molar-refractivity contribution < 1.29 is 9.53 Å². The maximum atomic E-state index is 12.6. The number of fused-ring (bicyclic) bond motifs is 1. The normalized spacial score (nSPS) is 16.2. The van der Waals surface area contributed by atoms with E-state index in [4.69, 9.17) is 16.3 Å². The van der Waals surface area contributed by atoms with Gasteiger partial charge in [-0.15, -0.1) is 0 Å². The highest BCUT2D eigenvalue weighted by Crippen LogP contribution is 2.18. The van der Waals surface area contributed by atoms with E-state index in [0.717, 1.165) is 52.9 Å². The molecule has 0 atom stereocenters. The van der Waals surface area contributed by atoms with Crippen molar-refractivity contribution in [2.75, 3.05) is 18.8 Å². The SMILES string of the molecule is Cc1cc(Cl)cc(COC(=O)N2CCCn3nc(CNC4=NCCS4)cc3C2)c1. The topological polar surface area (TPSA) is 71.8 Å². The van der Waals surface area contributed by atoms with Gasteiger partial charge in [-0.25, -0.2) is 4.79 Å². The molecule has 2 aliphatic rings. The lowest BCUT2D eigenvalue weighted by Gasteiger charge is -2.19. The summed E-state index contributed by atoms with van der Waals surface area (Å²) in [6, 6.07) is 7.74. The Morgan fingerprint density at radius 2 is 2.21 bits per heavy atom. The lowest BCUT2D eigenvalue weighted by atomic mass is 10.1. The standard InChI is InChI=1S/C20H24ClN5O2S/c1-14-7-15(9-16(21)8-14)13-28-20(27)25-4-2-5-26-18(12-25)10-17(24-26)11-23-19-22-3-6-29-19/h7-10H,2-6,11-13H2,1H3,(H,22,23). The smallest absolute Gasteiger partial charge is 0.410 e. The Hall–Kier alpha value is -2.19. The molecule has 0 fully saturated rings. The summed E-state index contributed by atoms with van der Waals surface area (Å²) in [4.78, 5) is 18.8. The number of carbonyl (C=O) groups excluding carboxylic acids is 1. The summed E-state index contributed by atoms with van der Waals surface area (Å²) in [7, 11) is 0. The molecule has 0 unspecified atom stereocenters. The van der Waals surface area contributed by atoms with Gasteiger partial charge in [0.2, 0.25) is 0 Å². The van der Waals surface area contributed by atoms with Crippen molar-refractivity contribution in [1.29, 1.82) is 0 Å². The first kappa shape index (κ1) is 20.1. The van der Waals surface area contributed by atoms with Gasteiger partial charge < -0.3 is 15.0 Å². The molecule has 1 amide bonds. The van der Waals surface area contributed by atoms with Crippen LogP contribution in [0.4, 0.5) is 4.79 Å². The Kier molecular flexibility index (Phi) is 6.30. The van der Waals surface area contributed by atoms with Crippen molar-refractivity contribution in [2.24, 2.45) is 4.99 Å². The number of benzene rings is 1. The van der Waals surface area contributed by atoms with Crippen molar-refractivity contribution in [2.45, 2.75) is 39.6 Å². The first-order valence-corrected chi connectivity index (χ1v) is 11.1. The van der Waals surface area contributed by atoms with Crippen LogP contribution in [0.25, 0.3) is 0 Å². The van der Waals surface area contributed by atoms with E-state index >= 15 is 0 Å². The summed E-state index contributed by atoms with van der Waals surface area (Å²) in [6.45, 7) is 5.64. The highest BCUT2D eigenvalue weighted by molar-refractivity contribution is 8.14. The number of rotatable bonds is 4. The van der Waals surface area contributed by atoms with Gasteiger partial charge in [0.1, 0.15) is 6.61 Å². The van der Waals surface area contributed by atoms with E-state index in [1.807, 2.05) is 29.8 Å². The maximum Gasteiger partial charge on any atom is 0.410 e. The molecule has 0 aliphatic carbocycles. The number of aliphatic imine (C=N–C) groups is 1. The Morgan fingerprint density at radius 3 is 3.00 bits per heavy atom. The average Bonchev–Trinajstić information content (AvgIpc) is 3.29. The van der Waals surface area contributed by atoms with Crippen molar-refractivity contribution in [3.63, 3.8) is 0 Å². The number of amides is 1. The average molecular weight is 434 g/mol. The second-order valence-corrected chi connectivity index (χ2v) is 8.73. The fourth-order valence-electron chi connectivity index (χ4n) is 3.50. The van der Waals surface area contributed by atoms with E-state index in [2.05, 4.69) is 21.5 Å². The number of aryl methyl sites for hydroxylation is 2. The fourth-order valence-corrected chi connectivity index (χ4v) is 4.55. The number of hydrogen-bond donors (Lipinski definition) is 1. The second-order valence-electron chi connectivity index (χ2n) is 7.21. The number of nitrogens with one attached hydrogen (secondary N) is 1. The van der Waals surface area contributed by atoms with Crippen molar-refractivity contribution in [3.05, 3.63) is 51.8 Å². The molecule has 154 valence electrons. The number of aromatic nitrogens is 2. The molecule has 0 spiro atoms. The molecule has 9 heteroatoms. The molecule has 2 aromatic rings. The summed E-state index contributed by atoms with van der Waals surface area (Å²) in [5, 5.41) is 9.63. The second kappa shape index (κ2) is 9.09. The monoisotopic (exact) mass is 433 g/mol. The third-order valence-corrected chi connectivity index (χ3v) is 5.95. The largest absolute Gasteiger partial charge is 0.445 e. The molecule has 4 rings (SSSR count). The zero-order chi connectivity index (χ0) is 20.2. The van der Waals surface area contributed by atoms with Gasteiger partial charge in [-0.1, -0.05) is 29.4 Å². The zero-order valence-electron chi connectivity index (χ0n) is 16.4. The van der Waals surface area contributed by atoms with Crippen LogP contribution in [0.3, 0.4) is 0 Å². The summed E-state index contributed by atoms with van der Waals surface area (Å²) >= 11 is 7.82. The van der Waals surface area contributed by atoms with Crippen molar-refractivity contribution >= 4 is 34.6 Å². The molecule has 1 aromatic heterocycles. The van der Waals surface area contributed by atoms with Crippen LogP contribution in [0.2, 0.25) is 5.02 Å². The zero-order valence-corrected chi connectivity index (χ0v) is 17.9. The molecule has 0 radical (unpaired) electrons. The Bertz CT molecular complexity index is 909. The molecule has 7 nitrogen and oxygen atoms in total. The fraction of sp³-hybridized carbons (Fsp3) is 0.450. The predicted molar refractivity (Wildman–Crippen MR) is 115 cm³/mol. The molecule has 2 aliphatic heterocycles. The third kappa shape index (κ3) is 5.25. The van der Waals surface area contributed by atoms with Gasteiger partial charge in [0.05, 0.1) is 31.0 Å². The van der Waals surface area contributed by atoms with Gasteiger partial charge in [0, 0.05) is 23.9 Å². The summed E-state index contributed by atoms with van der Waals surface area (Å²) in [5.41, 5.74) is 3.92. The molecule has 0 saturated carbocycles. The summed E-state index contributed by atoms with van der Waals surface area (Å²) in [5.74, 6) is 1.04. The third-order valence-electron chi connectivity index (χ3n) is 4.79. The Labute approximate surface area is 179 Å². The Morgan fingerprint density at radius 1 is 1.31 bits per heavy atom. The van der Waals surface area contributed by atoms with E-state index < -0.39 is 0 Å². The van der Waals surface area contributed by atoms with Crippen LogP contribution >= 0.6 is 23.4 Å². The lowest BCUT2D eigenvalue weighted by Crippen LogP contribution is -2.31. The van der Waals surface area contributed by atoms with E-state index in [-0.39, 0.29) is 12.7 Å². The van der Waals surface area contributed by atoms with Gasteiger partial charge in [0.15, 0.2) is 5.17 Å². The van der Waals surface area contributed by atoms with Crippen LogP contribution in [-0.4, -0.2) is 44.8 Å². The summed E-state index contributed by atoms with van der Waals surface area (Å²) in [6.07, 6.45) is 0.531. The molecular formula is C20H24ClN5O2S. The van der Waals surface area contributed by atoms with E-state index in [1.165, 1.54) is 0 Å². The predicted octanol–water partition coefficient (Wildman–Crippen LogP) is 3.58. The van der Waals surface area contributed by atoms with Gasteiger partial charge in [-0.05, 0) is 42.7 Å². The van der Waals surface area contributed by atoms with E-state index in [9.17, 15) is 4.79 Å². The van der Waals surface area contributed by atoms with E-state index in [1.54, 1.807) is 16.7 Å². The number of amidine groups is 1. The lowest BCUT2D eigenvalue weighted by molar-refractivity contribution is 0.0942. The maximum absolute atomic E-state index is 12.6. The molecule has 29 heavy (non-hydrogen) atoms. The van der Waals surface area contributed by atoms with E-state index in [0.29, 0.717) is 24.7 Å². The van der Waals surface area contributed by atoms with Crippen molar-refractivity contribution in [1.82, 2.24) is 20.0 Å². The molecular weight excluding hydrogens is 410 g/mol. The number of carbonyl (C=O) groups is 1. The Balaban J connectivity index is 1.35. The van der Waals surface area contributed by atoms with Crippen LogP contribution in [0.5, 0.6) is 0 Å². The number of halogens is 1. The molecule has 0 saturated heterocycles. The number of nitrogens with zero attached hydrogens (tertiary/aromatic N) is 4. The molecule has 0 bridgehead atoms. The summed E-state index contributed by atoms with van der Waals surface area (Å²) < 4.78 is 7.53. The van der Waals surface area contributed by atoms with Gasteiger partial charge in [0.25, 0.3) is 0 Å². The molecule has 3 heterocycles. The quantitative estimate of drug-likeness (QED) is 0.797. The minimum atomic E-state index is -0.311. The molecule has 1 aromatic carbocycles. The van der Waals surface area contributed by atoms with Gasteiger partial charge >= 0.3 is 6.09 Å². The number of thioether (sulfide) groups is 1. The first-order chi connectivity index (χ1) is 14.1. The minimum Gasteiger partial charge on any atom is -0.445 e. The highest BCUT2D eigenvalue weighted by Gasteiger charge is 2.22. The van der Waals surface area contributed by atoms with Crippen molar-refractivity contribution in [3.8, 4) is 0 Å². The van der Waals surface area contributed by atoms with Crippen LogP contribution in [0.15, 0.2) is 29.3 Å². The highest BCUT2D eigenvalue weighted by atomic mass is 35.5. The van der Waals surface area contributed by atoms with Crippen LogP contribution < -0.4 is 5.32 Å². The van der Waals surface area contributed by atoms with Crippen LogP contribution in [0.1, 0.15) is 28.9 Å². The van der Waals surface area contributed by atoms with Crippen LogP contribution in [-0.2, 0) is 31.0 Å². The first-order valence-electron chi connectivity index (χ1n) is 9.71.